The molecule has 0 spiro atoms. The third-order valence-electron chi connectivity index (χ3n) is 2.70. The van der Waals surface area contributed by atoms with Crippen molar-refractivity contribution in [2.45, 2.75) is 13.5 Å². The zero-order chi connectivity index (χ0) is 13.8. The highest BCUT2D eigenvalue weighted by Crippen LogP contribution is 2.16. The molecule has 1 aromatic carbocycles. The summed E-state index contributed by atoms with van der Waals surface area (Å²) in [6.45, 7) is 2.10. The molecule has 0 aliphatic heterocycles. The molecule has 0 atom stereocenters. The van der Waals surface area contributed by atoms with Crippen LogP contribution in [0.1, 0.15) is 21.7 Å². The molecule has 1 N–H and O–H groups in total. The van der Waals surface area contributed by atoms with E-state index >= 15 is 0 Å². The Morgan fingerprint density at radius 1 is 1.42 bits per heavy atom. The van der Waals surface area contributed by atoms with Crippen LogP contribution in [0.5, 0.6) is 0 Å². The number of carbonyl (C=O) groups excluding carboxylic acids is 1. The molecule has 0 saturated carbocycles. The fraction of sp³-hybridized carbons (Fsp3) is 0.214. The van der Waals surface area contributed by atoms with Crippen LogP contribution in [0.15, 0.2) is 34.9 Å². The zero-order valence-corrected chi connectivity index (χ0v) is 10.7. The van der Waals surface area contributed by atoms with Crippen molar-refractivity contribution in [3.05, 3.63) is 53.2 Å². The average Bonchev–Trinajstić information content (AvgIpc) is 2.88. The Morgan fingerprint density at radius 2 is 2.21 bits per heavy atom. The highest BCUT2D eigenvalue weighted by Gasteiger charge is 2.09. The van der Waals surface area contributed by atoms with E-state index in [2.05, 4.69) is 10.1 Å². The first-order chi connectivity index (χ1) is 9.10. The standard InChI is InChI=1S/C14H14FNO3/c1-9-5-11(3-4-13(9)15)16-7-12-6-10(8-19-12)14(17)18-2/h3-6,8,16H,7H2,1-2H3. The van der Waals surface area contributed by atoms with Crippen LogP contribution in [-0.2, 0) is 11.3 Å². The van der Waals surface area contributed by atoms with E-state index < -0.39 is 5.97 Å². The molecule has 2 aromatic rings. The number of anilines is 1. The number of hydrogen-bond donors (Lipinski definition) is 1. The van der Waals surface area contributed by atoms with E-state index in [1.54, 1.807) is 25.1 Å². The van der Waals surface area contributed by atoms with E-state index in [1.165, 1.54) is 19.4 Å². The maximum atomic E-state index is 13.1. The lowest BCUT2D eigenvalue weighted by atomic mass is 10.2. The van der Waals surface area contributed by atoms with Gasteiger partial charge in [0.25, 0.3) is 0 Å². The third-order valence-corrected chi connectivity index (χ3v) is 2.70. The summed E-state index contributed by atoms with van der Waals surface area (Å²) in [5.41, 5.74) is 1.73. The summed E-state index contributed by atoms with van der Waals surface area (Å²) in [6.07, 6.45) is 1.35. The van der Waals surface area contributed by atoms with Crippen LogP contribution in [0, 0.1) is 12.7 Å². The quantitative estimate of drug-likeness (QED) is 0.861. The van der Waals surface area contributed by atoms with Gasteiger partial charge in [0.1, 0.15) is 17.8 Å². The molecule has 0 bridgehead atoms. The van der Waals surface area contributed by atoms with Crippen LogP contribution in [0.4, 0.5) is 10.1 Å². The minimum Gasteiger partial charge on any atom is -0.467 e. The lowest BCUT2D eigenvalue weighted by molar-refractivity contribution is 0.0600. The summed E-state index contributed by atoms with van der Waals surface area (Å²) in [5.74, 6) is -0.0773. The molecule has 19 heavy (non-hydrogen) atoms. The van der Waals surface area contributed by atoms with Crippen molar-refractivity contribution in [1.29, 1.82) is 0 Å². The first kappa shape index (κ1) is 13.1. The van der Waals surface area contributed by atoms with Gasteiger partial charge in [0, 0.05) is 5.69 Å². The van der Waals surface area contributed by atoms with E-state index in [4.69, 9.17) is 4.42 Å². The number of halogens is 1. The number of ether oxygens (including phenoxy) is 1. The van der Waals surface area contributed by atoms with Crippen molar-refractivity contribution >= 4 is 11.7 Å². The highest BCUT2D eigenvalue weighted by molar-refractivity contribution is 5.88. The van der Waals surface area contributed by atoms with Crippen molar-refractivity contribution in [1.82, 2.24) is 0 Å². The van der Waals surface area contributed by atoms with E-state index in [1.807, 2.05) is 0 Å². The normalized spacial score (nSPS) is 10.3. The second-order valence-electron chi connectivity index (χ2n) is 4.11. The number of esters is 1. The van der Waals surface area contributed by atoms with Gasteiger partial charge in [0.15, 0.2) is 0 Å². The largest absolute Gasteiger partial charge is 0.467 e. The van der Waals surface area contributed by atoms with Crippen LogP contribution < -0.4 is 5.32 Å². The molecular weight excluding hydrogens is 249 g/mol. The van der Waals surface area contributed by atoms with E-state index in [9.17, 15) is 9.18 Å². The minimum atomic E-state index is -0.437. The second-order valence-corrected chi connectivity index (χ2v) is 4.11. The first-order valence-corrected chi connectivity index (χ1v) is 5.76. The Morgan fingerprint density at radius 3 is 2.89 bits per heavy atom. The van der Waals surface area contributed by atoms with Gasteiger partial charge in [-0.2, -0.15) is 0 Å². The molecular formula is C14H14FNO3. The van der Waals surface area contributed by atoms with Gasteiger partial charge in [-0.15, -0.1) is 0 Å². The summed E-state index contributed by atoms with van der Waals surface area (Å²) in [5, 5.41) is 3.09. The lowest BCUT2D eigenvalue weighted by Crippen LogP contribution is -2.00. The molecule has 0 saturated heterocycles. The molecule has 0 fully saturated rings. The predicted molar refractivity (Wildman–Crippen MR) is 68.5 cm³/mol. The minimum absolute atomic E-state index is 0.239. The fourth-order valence-corrected chi connectivity index (χ4v) is 1.64. The summed E-state index contributed by atoms with van der Waals surface area (Å²) in [7, 11) is 1.31. The smallest absolute Gasteiger partial charge is 0.341 e. The molecule has 4 nitrogen and oxygen atoms in total. The van der Waals surface area contributed by atoms with Gasteiger partial charge in [-0.25, -0.2) is 9.18 Å². The van der Waals surface area contributed by atoms with Gasteiger partial charge < -0.3 is 14.5 Å². The summed E-state index contributed by atoms with van der Waals surface area (Å²) >= 11 is 0. The van der Waals surface area contributed by atoms with Crippen molar-refractivity contribution in [3.63, 3.8) is 0 Å². The van der Waals surface area contributed by atoms with Gasteiger partial charge in [0.2, 0.25) is 0 Å². The molecule has 0 radical (unpaired) electrons. The lowest BCUT2D eigenvalue weighted by Gasteiger charge is -2.05. The Bertz CT molecular complexity index is 592. The number of nitrogens with one attached hydrogen (secondary N) is 1. The number of aryl methyl sites for hydroxylation is 1. The number of hydrogen-bond acceptors (Lipinski definition) is 4. The number of methoxy groups -OCH3 is 1. The Kier molecular flexibility index (Phi) is 3.85. The summed E-state index contributed by atoms with van der Waals surface area (Å²) < 4.78 is 22.9. The Balaban J connectivity index is 2.00. The third kappa shape index (κ3) is 3.13. The molecule has 1 heterocycles. The Labute approximate surface area is 110 Å². The predicted octanol–water partition coefficient (Wildman–Crippen LogP) is 3.13. The molecule has 0 aliphatic rings. The van der Waals surface area contributed by atoms with Gasteiger partial charge in [-0.1, -0.05) is 0 Å². The van der Waals surface area contributed by atoms with Gasteiger partial charge in [-0.3, -0.25) is 0 Å². The van der Waals surface area contributed by atoms with E-state index in [-0.39, 0.29) is 5.82 Å². The van der Waals surface area contributed by atoms with E-state index in [0.29, 0.717) is 23.4 Å². The van der Waals surface area contributed by atoms with Crippen LogP contribution in [-0.4, -0.2) is 13.1 Å². The van der Waals surface area contributed by atoms with Gasteiger partial charge in [-0.05, 0) is 36.8 Å². The average molecular weight is 263 g/mol. The Hall–Kier alpha value is -2.30. The monoisotopic (exact) mass is 263 g/mol. The van der Waals surface area contributed by atoms with Gasteiger partial charge >= 0.3 is 5.97 Å². The zero-order valence-electron chi connectivity index (χ0n) is 10.7. The molecule has 0 aliphatic carbocycles. The first-order valence-electron chi connectivity index (χ1n) is 5.76. The number of furan rings is 1. The van der Waals surface area contributed by atoms with E-state index in [0.717, 1.165) is 5.69 Å². The maximum Gasteiger partial charge on any atom is 0.341 e. The molecule has 100 valence electrons. The molecule has 0 unspecified atom stereocenters. The SMILES string of the molecule is COC(=O)c1coc(CNc2ccc(F)c(C)c2)c1. The van der Waals surface area contributed by atoms with Crippen molar-refractivity contribution < 1.29 is 18.3 Å². The second kappa shape index (κ2) is 5.56. The fourth-order valence-electron chi connectivity index (χ4n) is 1.64. The molecule has 5 heteroatoms. The van der Waals surface area contributed by atoms with Crippen LogP contribution >= 0.6 is 0 Å². The molecule has 1 aromatic heterocycles. The van der Waals surface area contributed by atoms with Gasteiger partial charge in [0.05, 0.1) is 19.2 Å². The maximum absolute atomic E-state index is 13.1. The number of carbonyl (C=O) groups is 1. The summed E-state index contributed by atoms with van der Waals surface area (Å²) in [4.78, 5) is 11.2. The van der Waals surface area contributed by atoms with Crippen LogP contribution in [0.2, 0.25) is 0 Å². The molecule has 2 rings (SSSR count). The molecule has 0 amide bonds. The highest BCUT2D eigenvalue weighted by atomic mass is 19.1. The van der Waals surface area contributed by atoms with Crippen LogP contribution in [0.25, 0.3) is 0 Å². The number of benzene rings is 1. The van der Waals surface area contributed by atoms with Crippen molar-refractivity contribution in [2.24, 2.45) is 0 Å². The van der Waals surface area contributed by atoms with Crippen molar-refractivity contribution in [2.75, 3.05) is 12.4 Å². The number of rotatable bonds is 4. The summed E-state index contributed by atoms with van der Waals surface area (Å²) in [6, 6.07) is 6.36. The van der Waals surface area contributed by atoms with Crippen molar-refractivity contribution in [3.8, 4) is 0 Å². The topological polar surface area (TPSA) is 51.5 Å². The van der Waals surface area contributed by atoms with Crippen LogP contribution in [0.3, 0.4) is 0 Å².